The van der Waals surface area contributed by atoms with Crippen LogP contribution in [0.5, 0.6) is 0 Å². The minimum atomic E-state index is -0.833. The molecule has 4 heteroatoms. The summed E-state index contributed by atoms with van der Waals surface area (Å²) >= 11 is 0. The van der Waals surface area contributed by atoms with Gasteiger partial charge in [-0.1, -0.05) is 13.0 Å². The molecule has 0 saturated heterocycles. The van der Waals surface area contributed by atoms with Crippen molar-refractivity contribution in [2.24, 2.45) is 0 Å². The molecule has 0 aliphatic carbocycles. The molecule has 0 aromatic rings. The van der Waals surface area contributed by atoms with Gasteiger partial charge < -0.3 is 15.7 Å². The van der Waals surface area contributed by atoms with Crippen molar-refractivity contribution >= 4 is 5.97 Å². The van der Waals surface area contributed by atoms with Crippen molar-refractivity contribution in [3.63, 3.8) is 0 Å². The van der Waals surface area contributed by atoms with Crippen molar-refractivity contribution in [2.45, 2.75) is 20.3 Å². The third kappa shape index (κ3) is 264. The highest BCUT2D eigenvalue weighted by atomic mass is 16.4. The third-order valence-electron chi connectivity index (χ3n) is 0.341. The standard InChI is InChI=1S/C4H8O.C2H4O2.H2O/c1-2-3-4-5;1-2(3)4;/h3-5H,2H2,1H3;1H3,(H,3,4);1H2. The summed E-state index contributed by atoms with van der Waals surface area (Å²) in [5.74, 6) is -0.833. The normalized spacial score (nSPS) is 7.40. The Morgan fingerprint density at radius 3 is 1.90 bits per heavy atom. The van der Waals surface area contributed by atoms with Crippen LogP contribution in [0, 0.1) is 0 Å². The molecule has 0 radical (unpaired) electrons. The average molecular weight is 150 g/mol. The predicted molar refractivity (Wildman–Crippen MR) is 39.0 cm³/mol. The van der Waals surface area contributed by atoms with Crippen LogP contribution in [0.25, 0.3) is 0 Å². The van der Waals surface area contributed by atoms with Crippen LogP contribution in [-0.4, -0.2) is 21.7 Å². The van der Waals surface area contributed by atoms with Crippen molar-refractivity contribution in [2.75, 3.05) is 0 Å². The Morgan fingerprint density at radius 1 is 1.60 bits per heavy atom. The van der Waals surface area contributed by atoms with Gasteiger partial charge in [-0.3, -0.25) is 4.79 Å². The fraction of sp³-hybridized carbons (Fsp3) is 0.500. The van der Waals surface area contributed by atoms with Crippen LogP contribution in [0.1, 0.15) is 20.3 Å². The Hall–Kier alpha value is -1.03. The van der Waals surface area contributed by atoms with Gasteiger partial charge in [0.2, 0.25) is 0 Å². The molecule has 62 valence electrons. The Bertz CT molecular complexity index is 83.7. The summed E-state index contributed by atoms with van der Waals surface area (Å²) in [7, 11) is 0. The van der Waals surface area contributed by atoms with Gasteiger partial charge in [0, 0.05) is 6.92 Å². The summed E-state index contributed by atoms with van der Waals surface area (Å²) < 4.78 is 0. The molecule has 0 aromatic heterocycles. The molecule has 0 rings (SSSR count). The van der Waals surface area contributed by atoms with Crippen LogP contribution in [0.2, 0.25) is 0 Å². The third-order valence-corrected chi connectivity index (χ3v) is 0.341. The molecule has 0 aliphatic rings. The van der Waals surface area contributed by atoms with Gasteiger partial charge in [0.25, 0.3) is 5.97 Å². The minimum Gasteiger partial charge on any atom is -0.516 e. The van der Waals surface area contributed by atoms with E-state index >= 15 is 0 Å². The minimum absolute atomic E-state index is 0. The quantitative estimate of drug-likeness (QED) is 0.540. The number of carboxylic acids is 1. The molecule has 0 unspecified atom stereocenters. The van der Waals surface area contributed by atoms with E-state index in [1.54, 1.807) is 6.08 Å². The van der Waals surface area contributed by atoms with Crippen molar-refractivity contribution in [1.82, 2.24) is 0 Å². The average Bonchev–Trinajstić information content (AvgIpc) is 1.66. The Kier molecular flexibility index (Phi) is 25.1. The number of aliphatic hydroxyl groups is 1. The molecular formula is C6H14O4. The lowest BCUT2D eigenvalue weighted by atomic mass is 10.5. The van der Waals surface area contributed by atoms with Gasteiger partial charge >= 0.3 is 0 Å². The van der Waals surface area contributed by atoms with E-state index in [1.807, 2.05) is 6.92 Å². The maximum Gasteiger partial charge on any atom is 0.300 e. The Labute approximate surface area is 60.1 Å². The van der Waals surface area contributed by atoms with Gasteiger partial charge in [0.1, 0.15) is 0 Å². The number of aliphatic hydroxyl groups excluding tert-OH is 1. The van der Waals surface area contributed by atoms with Crippen molar-refractivity contribution < 1.29 is 20.5 Å². The van der Waals surface area contributed by atoms with E-state index in [-0.39, 0.29) is 5.48 Å². The molecule has 0 heterocycles. The highest BCUT2D eigenvalue weighted by Gasteiger charge is 1.65. The molecule has 0 bridgehead atoms. The monoisotopic (exact) mass is 150 g/mol. The second kappa shape index (κ2) is 15.7. The highest BCUT2D eigenvalue weighted by Crippen LogP contribution is 1.71. The van der Waals surface area contributed by atoms with E-state index < -0.39 is 5.97 Å². The summed E-state index contributed by atoms with van der Waals surface area (Å²) in [6.07, 6.45) is 3.65. The van der Waals surface area contributed by atoms with E-state index in [1.165, 1.54) is 0 Å². The van der Waals surface area contributed by atoms with E-state index in [9.17, 15) is 0 Å². The molecule has 4 nitrogen and oxygen atoms in total. The fourth-order valence-corrected chi connectivity index (χ4v) is 0.105. The summed E-state index contributed by atoms with van der Waals surface area (Å²) in [6.45, 7) is 3.05. The van der Waals surface area contributed by atoms with Gasteiger partial charge in [-0.25, -0.2) is 0 Å². The SMILES string of the molecule is CC(=O)O.CCC=CO.O. The highest BCUT2D eigenvalue weighted by molar-refractivity contribution is 5.62. The van der Waals surface area contributed by atoms with E-state index in [2.05, 4.69) is 0 Å². The smallest absolute Gasteiger partial charge is 0.300 e. The van der Waals surface area contributed by atoms with Crippen LogP contribution >= 0.6 is 0 Å². The zero-order valence-electron chi connectivity index (χ0n) is 6.16. The Balaban J connectivity index is -0.0000000910. The van der Waals surface area contributed by atoms with Gasteiger partial charge in [-0.05, 0) is 6.42 Å². The van der Waals surface area contributed by atoms with Crippen molar-refractivity contribution in [3.8, 4) is 0 Å². The second-order valence-corrected chi connectivity index (χ2v) is 1.31. The Morgan fingerprint density at radius 2 is 1.90 bits per heavy atom. The molecule has 0 aromatic carbocycles. The largest absolute Gasteiger partial charge is 0.516 e. The molecule has 0 atom stereocenters. The molecule has 4 N–H and O–H groups in total. The summed E-state index contributed by atoms with van der Waals surface area (Å²) in [5, 5.41) is 15.3. The lowest BCUT2D eigenvalue weighted by Crippen LogP contribution is -1.78. The van der Waals surface area contributed by atoms with Crippen LogP contribution in [0.4, 0.5) is 0 Å². The maximum atomic E-state index is 9.00. The number of carboxylic acid groups (broad SMARTS) is 1. The van der Waals surface area contributed by atoms with Gasteiger partial charge in [0.05, 0.1) is 6.26 Å². The first-order valence-corrected chi connectivity index (χ1v) is 2.63. The van der Waals surface area contributed by atoms with Crippen LogP contribution < -0.4 is 0 Å². The first kappa shape index (κ1) is 16.0. The van der Waals surface area contributed by atoms with Gasteiger partial charge in [-0.15, -0.1) is 0 Å². The lowest BCUT2D eigenvalue weighted by molar-refractivity contribution is -0.134. The van der Waals surface area contributed by atoms with Crippen LogP contribution in [0.3, 0.4) is 0 Å². The summed E-state index contributed by atoms with van der Waals surface area (Å²) in [4.78, 5) is 9.00. The van der Waals surface area contributed by atoms with Crippen LogP contribution in [0.15, 0.2) is 12.3 Å². The van der Waals surface area contributed by atoms with Gasteiger partial charge in [-0.2, -0.15) is 0 Å². The number of allylic oxidation sites excluding steroid dienone is 1. The van der Waals surface area contributed by atoms with Crippen molar-refractivity contribution in [1.29, 1.82) is 0 Å². The molecule has 0 aliphatic heterocycles. The lowest BCUT2D eigenvalue weighted by Gasteiger charge is -1.65. The number of aliphatic carboxylic acids is 1. The fourth-order valence-electron chi connectivity index (χ4n) is 0.105. The number of rotatable bonds is 1. The first-order chi connectivity index (χ1) is 4.15. The molecule has 0 spiro atoms. The summed E-state index contributed by atoms with van der Waals surface area (Å²) in [5.41, 5.74) is 0. The molecule has 0 saturated carbocycles. The molecule has 0 fully saturated rings. The van der Waals surface area contributed by atoms with E-state index in [4.69, 9.17) is 15.0 Å². The number of hydrogen-bond donors (Lipinski definition) is 2. The second-order valence-electron chi connectivity index (χ2n) is 1.31. The molecule has 10 heavy (non-hydrogen) atoms. The topological polar surface area (TPSA) is 89.0 Å². The van der Waals surface area contributed by atoms with Crippen LogP contribution in [-0.2, 0) is 4.79 Å². The maximum absolute atomic E-state index is 9.00. The van der Waals surface area contributed by atoms with E-state index in [0.717, 1.165) is 19.6 Å². The van der Waals surface area contributed by atoms with Gasteiger partial charge in [0.15, 0.2) is 0 Å². The molecule has 0 amide bonds. The zero-order valence-corrected chi connectivity index (χ0v) is 6.16. The summed E-state index contributed by atoms with van der Waals surface area (Å²) in [6, 6.07) is 0. The zero-order chi connectivity index (χ0) is 7.70. The molecular weight excluding hydrogens is 136 g/mol. The first-order valence-electron chi connectivity index (χ1n) is 2.63. The van der Waals surface area contributed by atoms with Crippen molar-refractivity contribution in [3.05, 3.63) is 12.3 Å². The van der Waals surface area contributed by atoms with E-state index in [0.29, 0.717) is 0 Å². The number of carbonyl (C=O) groups is 1. The number of hydrogen-bond acceptors (Lipinski definition) is 2. The predicted octanol–water partition coefficient (Wildman–Crippen LogP) is 0.734.